The van der Waals surface area contributed by atoms with E-state index in [9.17, 15) is 0 Å². The molecule has 0 spiro atoms. The molecule has 0 bridgehead atoms. The van der Waals surface area contributed by atoms with Crippen molar-refractivity contribution in [2.45, 2.75) is 38.5 Å². The predicted molar refractivity (Wildman–Crippen MR) is 70.4 cm³/mol. The quantitative estimate of drug-likeness (QED) is 0.462. The van der Waals surface area contributed by atoms with Gasteiger partial charge in [0, 0.05) is 10.6 Å². The molecule has 0 unspecified atom stereocenters. The molecule has 0 aromatic heterocycles. The zero-order valence-electron chi connectivity index (χ0n) is 9.92. The van der Waals surface area contributed by atoms with Gasteiger partial charge in [-0.15, -0.1) is 11.8 Å². The molecule has 15 heavy (non-hydrogen) atoms. The predicted octanol–water partition coefficient (Wildman–Crippen LogP) is 4.11. The molecule has 1 rings (SSSR count). The smallest absolute Gasteiger partial charge is 0.0354 e. The summed E-state index contributed by atoms with van der Waals surface area (Å²) in [5.41, 5.74) is 7.99. The van der Waals surface area contributed by atoms with Gasteiger partial charge in [0.1, 0.15) is 0 Å². The molecule has 0 aliphatic rings. The van der Waals surface area contributed by atoms with Crippen LogP contribution >= 0.6 is 11.8 Å². The number of rotatable bonds is 5. The zero-order valence-corrected chi connectivity index (χ0v) is 10.7. The summed E-state index contributed by atoms with van der Waals surface area (Å²) in [4.78, 5) is 1.33. The van der Waals surface area contributed by atoms with Gasteiger partial charge >= 0.3 is 0 Å². The van der Waals surface area contributed by atoms with E-state index in [2.05, 4.69) is 26.8 Å². The van der Waals surface area contributed by atoms with Crippen LogP contribution in [0.3, 0.4) is 0 Å². The number of benzene rings is 1. The lowest BCUT2D eigenvalue weighted by atomic mass is 10.1. The highest BCUT2D eigenvalue weighted by Crippen LogP contribution is 2.27. The van der Waals surface area contributed by atoms with E-state index in [4.69, 9.17) is 5.73 Å². The molecule has 0 radical (unpaired) electrons. The van der Waals surface area contributed by atoms with Crippen LogP contribution in [0.5, 0.6) is 0 Å². The first-order valence-electron chi connectivity index (χ1n) is 5.59. The van der Waals surface area contributed by atoms with Crippen molar-refractivity contribution in [1.29, 1.82) is 0 Å². The number of hydrogen-bond acceptors (Lipinski definition) is 2. The summed E-state index contributed by atoms with van der Waals surface area (Å²) in [6.45, 7) is 6.65. The SMILES string of the molecule is Cc1c(N)cccc1SCCCC(C)C. The van der Waals surface area contributed by atoms with E-state index in [-0.39, 0.29) is 0 Å². The van der Waals surface area contributed by atoms with E-state index in [1.54, 1.807) is 0 Å². The zero-order chi connectivity index (χ0) is 11.3. The summed E-state index contributed by atoms with van der Waals surface area (Å²) in [6, 6.07) is 6.16. The van der Waals surface area contributed by atoms with E-state index in [0.717, 1.165) is 11.6 Å². The van der Waals surface area contributed by atoms with Gasteiger partial charge in [-0.2, -0.15) is 0 Å². The molecule has 0 fully saturated rings. The maximum Gasteiger partial charge on any atom is 0.0354 e. The van der Waals surface area contributed by atoms with Crippen LogP contribution in [0.2, 0.25) is 0 Å². The first-order valence-corrected chi connectivity index (χ1v) is 6.57. The average Bonchev–Trinajstić information content (AvgIpc) is 2.18. The van der Waals surface area contributed by atoms with Crippen molar-refractivity contribution in [3.05, 3.63) is 23.8 Å². The third-order valence-electron chi connectivity index (χ3n) is 2.51. The summed E-state index contributed by atoms with van der Waals surface area (Å²) >= 11 is 1.92. The Bertz CT molecular complexity index is 307. The largest absolute Gasteiger partial charge is 0.398 e. The summed E-state index contributed by atoms with van der Waals surface area (Å²) in [5.74, 6) is 2.01. The van der Waals surface area contributed by atoms with Gasteiger partial charge in [0.25, 0.3) is 0 Å². The molecule has 2 N–H and O–H groups in total. The molecule has 1 aromatic carbocycles. The highest BCUT2D eigenvalue weighted by molar-refractivity contribution is 7.99. The number of hydrogen-bond donors (Lipinski definition) is 1. The third-order valence-corrected chi connectivity index (χ3v) is 3.76. The lowest BCUT2D eigenvalue weighted by Gasteiger charge is -2.08. The molecule has 0 saturated heterocycles. The monoisotopic (exact) mass is 223 g/mol. The van der Waals surface area contributed by atoms with Crippen molar-refractivity contribution in [1.82, 2.24) is 0 Å². The van der Waals surface area contributed by atoms with Gasteiger partial charge in [-0.3, -0.25) is 0 Å². The molecular weight excluding hydrogens is 202 g/mol. The highest BCUT2D eigenvalue weighted by atomic mass is 32.2. The van der Waals surface area contributed by atoms with Gasteiger partial charge in [-0.05, 0) is 42.7 Å². The molecule has 2 heteroatoms. The minimum atomic E-state index is 0.813. The fraction of sp³-hybridized carbons (Fsp3) is 0.538. The Labute approximate surface area is 97.4 Å². The first-order chi connectivity index (χ1) is 7.11. The molecule has 0 amide bonds. The summed E-state index contributed by atoms with van der Waals surface area (Å²) < 4.78 is 0. The lowest BCUT2D eigenvalue weighted by Crippen LogP contribution is -1.92. The van der Waals surface area contributed by atoms with Crippen LogP contribution in [-0.4, -0.2) is 5.75 Å². The standard InChI is InChI=1S/C13H21NS/c1-10(2)6-5-9-15-13-8-4-7-12(14)11(13)3/h4,7-8,10H,5-6,9,14H2,1-3H3. The molecule has 0 aliphatic carbocycles. The van der Waals surface area contributed by atoms with Crippen molar-refractivity contribution in [3.8, 4) is 0 Å². The third kappa shape index (κ3) is 4.17. The van der Waals surface area contributed by atoms with Crippen LogP contribution in [0.25, 0.3) is 0 Å². The Balaban J connectivity index is 2.41. The first kappa shape index (κ1) is 12.4. The van der Waals surface area contributed by atoms with Crippen LogP contribution in [-0.2, 0) is 0 Å². The van der Waals surface area contributed by atoms with Gasteiger partial charge in [0.15, 0.2) is 0 Å². The highest BCUT2D eigenvalue weighted by Gasteiger charge is 2.01. The second-order valence-corrected chi connectivity index (χ2v) is 5.49. The molecule has 1 nitrogen and oxygen atoms in total. The Morgan fingerprint density at radius 1 is 1.33 bits per heavy atom. The molecule has 0 atom stereocenters. The normalized spacial score (nSPS) is 10.9. The molecule has 1 aromatic rings. The number of nitrogens with two attached hydrogens (primary N) is 1. The average molecular weight is 223 g/mol. The molecule has 84 valence electrons. The van der Waals surface area contributed by atoms with Crippen LogP contribution in [0, 0.1) is 12.8 Å². The minimum Gasteiger partial charge on any atom is -0.398 e. The van der Waals surface area contributed by atoms with Crippen LogP contribution < -0.4 is 5.73 Å². The van der Waals surface area contributed by atoms with Gasteiger partial charge in [0.05, 0.1) is 0 Å². The van der Waals surface area contributed by atoms with Crippen molar-refractivity contribution in [3.63, 3.8) is 0 Å². The van der Waals surface area contributed by atoms with Crippen LogP contribution in [0.1, 0.15) is 32.3 Å². The molecule has 0 saturated carbocycles. The fourth-order valence-electron chi connectivity index (χ4n) is 1.46. The lowest BCUT2D eigenvalue weighted by molar-refractivity contribution is 0.579. The van der Waals surface area contributed by atoms with Gasteiger partial charge in [-0.1, -0.05) is 26.3 Å². The topological polar surface area (TPSA) is 26.0 Å². The van der Waals surface area contributed by atoms with Crippen molar-refractivity contribution >= 4 is 17.4 Å². The molecule has 0 heterocycles. The van der Waals surface area contributed by atoms with Crippen molar-refractivity contribution in [2.24, 2.45) is 5.92 Å². The van der Waals surface area contributed by atoms with Gasteiger partial charge < -0.3 is 5.73 Å². The van der Waals surface area contributed by atoms with E-state index in [0.29, 0.717) is 0 Å². The number of anilines is 1. The maximum atomic E-state index is 5.86. The Kier molecular flexibility index (Phi) is 5.03. The van der Waals surface area contributed by atoms with Crippen LogP contribution in [0.4, 0.5) is 5.69 Å². The van der Waals surface area contributed by atoms with Crippen molar-refractivity contribution in [2.75, 3.05) is 11.5 Å². The number of thioether (sulfide) groups is 1. The van der Waals surface area contributed by atoms with Gasteiger partial charge in [-0.25, -0.2) is 0 Å². The molecular formula is C13H21NS. The molecule has 0 aliphatic heterocycles. The summed E-state index contributed by atoms with van der Waals surface area (Å²) in [6.07, 6.45) is 2.60. The maximum absolute atomic E-state index is 5.86. The van der Waals surface area contributed by atoms with E-state index in [1.165, 1.54) is 29.1 Å². The minimum absolute atomic E-state index is 0.813. The number of nitrogen functional groups attached to an aromatic ring is 1. The second kappa shape index (κ2) is 6.06. The van der Waals surface area contributed by atoms with Crippen LogP contribution in [0.15, 0.2) is 23.1 Å². The fourth-order valence-corrected chi connectivity index (χ4v) is 2.50. The summed E-state index contributed by atoms with van der Waals surface area (Å²) in [5, 5.41) is 0. The van der Waals surface area contributed by atoms with Crippen molar-refractivity contribution < 1.29 is 0 Å². The Morgan fingerprint density at radius 2 is 2.07 bits per heavy atom. The second-order valence-electron chi connectivity index (χ2n) is 4.35. The van der Waals surface area contributed by atoms with E-state index >= 15 is 0 Å². The summed E-state index contributed by atoms with van der Waals surface area (Å²) in [7, 11) is 0. The Hall–Kier alpha value is -0.630. The Morgan fingerprint density at radius 3 is 2.73 bits per heavy atom. The van der Waals surface area contributed by atoms with E-state index in [1.807, 2.05) is 23.9 Å². The van der Waals surface area contributed by atoms with Gasteiger partial charge in [0.2, 0.25) is 0 Å². The van der Waals surface area contributed by atoms with E-state index < -0.39 is 0 Å².